The molecule has 0 aliphatic heterocycles. The number of rotatable bonds is 4. The molecule has 0 saturated carbocycles. The van der Waals surface area contributed by atoms with E-state index < -0.39 is 8.60 Å². The van der Waals surface area contributed by atoms with Gasteiger partial charge in [0, 0.05) is 10.5 Å². The maximum absolute atomic E-state index is 8.12. The minimum atomic E-state index is -2.14. The van der Waals surface area contributed by atoms with Gasteiger partial charge in [-0.25, -0.2) is 0 Å². The Kier molecular flexibility index (Phi) is 20.1. The summed E-state index contributed by atoms with van der Waals surface area (Å²) in [7, 11) is -2.14. The van der Waals surface area contributed by atoms with Gasteiger partial charge in [-0.05, 0) is 13.8 Å². The molecule has 21 heavy (non-hydrogen) atoms. The lowest BCUT2D eigenvalue weighted by Crippen LogP contribution is -2.07. The van der Waals surface area contributed by atoms with Crippen LogP contribution in [0.25, 0.3) is 0 Å². The molecule has 0 atom stereocenters. The summed E-state index contributed by atoms with van der Waals surface area (Å²) in [5, 5.41) is 14.8. The van der Waals surface area contributed by atoms with Crippen LogP contribution in [0.15, 0.2) is 0 Å². The largest absolute Gasteiger partial charge is 0.379 e. The second kappa shape index (κ2) is 16.3. The van der Waals surface area contributed by atoms with E-state index in [0.717, 1.165) is 0 Å². The molecule has 0 spiro atoms. The van der Waals surface area contributed by atoms with Crippen LogP contribution in [0.2, 0.25) is 0 Å². The van der Waals surface area contributed by atoms with Crippen molar-refractivity contribution in [2.24, 2.45) is 11.5 Å². The van der Waals surface area contributed by atoms with Gasteiger partial charge in [-0.1, -0.05) is 51.2 Å². The van der Waals surface area contributed by atoms with Gasteiger partial charge in [-0.3, -0.25) is 10.8 Å². The van der Waals surface area contributed by atoms with Crippen molar-refractivity contribution in [3.8, 4) is 0 Å². The van der Waals surface area contributed by atoms with Gasteiger partial charge in [0.05, 0.1) is 6.10 Å². The number of hydrogen-bond acceptors (Lipinski definition) is 7. The van der Waals surface area contributed by atoms with Crippen molar-refractivity contribution in [1.82, 2.24) is 0 Å². The van der Waals surface area contributed by atoms with Gasteiger partial charge in [0.1, 0.15) is 0 Å². The molecule has 0 saturated heterocycles. The fourth-order valence-electron chi connectivity index (χ4n) is 0.696. The lowest BCUT2D eigenvalue weighted by Gasteiger charge is -2.04. The Balaban J connectivity index is -0.000000231. The molecule has 0 rings (SSSR count). The van der Waals surface area contributed by atoms with E-state index in [1.54, 1.807) is 13.8 Å². The van der Waals surface area contributed by atoms with E-state index in [0.29, 0.717) is 10.5 Å². The summed E-state index contributed by atoms with van der Waals surface area (Å²) in [5.74, 6) is 0. The molecule has 0 fully saturated rings. The van der Waals surface area contributed by atoms with Crippen molar-refractivity contribution in [3.05, 3.63) is 0 Å². The predicted octanol–water partition coefficient (Wildman–Crippen LogP) is 2.67. The van der Waals surface area contributed by atoms with E-state index in [-0.39, 0.29) is 16.4 Å². The van der Waals surface area contributed by atoms with Gasteiger partial charge in [0.25, 0.3) is 0 Å². The van der Waals surface area contributed by atoms with Crippen LogP contribution in [0, 0.1) is 10.8 Å². The van der Waals surface area contributed by atoms with Gasteiger partial charge < -0.3 is 25.8 Å². The van der Waals surface area contributed by atoms with Crippen molar-refractivity contribution in [2.75, 3.05) is 0 Å². The van der Waals surface area contributed by atoms with E-state index in [4.69, 9.17) is 32.1 Å². The van der Waals surface area contributed by atoms with Crippen molar-refractivity contribution < 1.29 is 14.3 Å². The molecule has 8 N–H and O–H groups in total. The Labute approximate surface area is 137 Å². The summed E-state index contributed by atoms with van der Waals surface area (Å²) in [6.07, 6.45) is -0.0962. The quantitative estimate of drug-likeness (QED) is 0.256. The highest BCUT2D eigenvalue weighted by Crippen LogP contribution is 2.25. The standard InChI is InChI=1S/2C4H10N2S.C3H9O3P/c2*1-3(2)7-4(5)6;1-3(2)6-7(4)5/h2*3H,1-2H3,(H3,5,6);3-5H,1-2H3. The van der Waals surface area contributed by atoms with Gasteiger partial charge in [-0.2, -0.15) is 0 Å². The molecule has 10 heteroatoms. The van der Waals surface area contributed by atoms with Gasteiger partial charge in [-0.15, -0.1) is 0 Å². The molecule has 128 valence electrons. The van der Waals surface area contributed by atoms with Crippen molar-refractivity contribution in [3.63, 3.8) is 0 Å². The average molecular weight is 360 g/mol. The molecule has 0 aromatic carbocycles. The minimum Gasteiger partial charge on any atom is -0.379 e. The lowest BCUT2D eigenvalue weighted by atomic mass is 10.5. The normalized spacial score (nSPS) is 10.1. The van der Waals surface area contributed by atoms with Gasteiger partial charge in [0.2, 0.25) is 0 Å². The summed E-state index contributed by atoms with van der Waals surface area (Å²) in [6.45, 7) is 11.5. The molecule has 0 aromatic heterocycles. The van der Waals surface area contributed by atoms with Crippen molar-refractivity contribution >= 4 is 42.5 Å². The topological polar surface area (TPSA) is 149 Å². The third-order valence-corrected chi connectivity index (χ3v) is 3.09. The minimum absolute atomic E-state index is 0.0962. The Hall–Kier alpha value is -0.0500. The lowest BCUT2D eigenvalue weighted by molar-refractivity contribution is 0.201. The summed E-state index contributed by atoms with van der Waals surface area (Å²) >= 11 is 2.74. The zero-order valence-corrected chi connectivity index (χ0v) is 16.0. The number of nitrogens with two attached hydrogens (primary N) is 2. The zero-order valence-electron chi connectivity index (χ0n) is 13.5. The van der Waals surface area contributed by atoms with Crippen LogP contribution in [0.1, 0.15) is 41.5 Å². The van der Waals surface area contributed by atoms with E-state index in [9.17, 15) is 0 Å². The third-order valence-electron chi connectivity index (χ3n) is 1.03. The van der Waals surface area contributed by atoms with Crippen LogP contribution in [0.5, 0.6) is 0 Å². The summed E-state index contributed by atoms with van der Waals surface area (Å²) in [4.78, 5) is 16.2. The van der Waals surface area contributed by atoms with E-state index in [1.165, 1.54) is 23.5 Å². The van der Waals surface area contributed by atoms with Crippen LogP contribution in [0.4, 0.5) is 0 Å². The maximum atomic E-state index is 8.12. The maximum Gasteiger partial charge on any atom is 0.327 e. The Morgan fingerprint density at radius 2 is 1.19 bits per heavy atom. The number of amidine groups is 2. The molecule has 0 radical (unpaired) electrons. The first-order chi connectivity index (χ1) is 9.38. The average Bonchev–Trinajstić information content (AvgIpc) is 2.10. The van der Waals surface area contributed by atoms with Crippen molar-refractivity contribution in [2.45, 2.75) is 58.1 Å². The van der Waals surface area contributed by atoms with E-state index in [1.807, 2.05) is 27.7 Å². The van der Waals surface area contributed by atoms with Crippen LogP contribution in [-0.4, -0.2) is 36.7 Å². The predicted molar refractivity (Wildman–Crippen MR) is 96.9 cm³/mol. The number of hydrogen-bond donors (Lipinski definition) is 6. The fourth-order valence-corrected chi connectivity index (χ4v) is 2.09. The Morgan fingerprint density at radius 3 is 1.19 bits per heavy atom. The third kappa shape index (κ3) is 45.0. The van der Waals surface area contributed by atoms with E-state index >= 15 is 0 Å². The number of thioether (sulfide) groups is 2. The monoisotopic (exact) mass is 360 g/mol. The molecular weight excluding hydrogens is 331 g/mol. The Morgan fingerprint density at radius 1 is 0.905 bits per heavy atom. The highest BCUT2D eigenvalue weighted by Gasteiger charge is 2.00. The van der Waals surface area contributed by atoms with Crippen LogP contribution in [0.3, 0.4) is 0 Å². The summed E-state index contributed by atoms with van der Waals surface area (Å²) in [6, 6.07) is 0. The summed E-state index contributed by atoms with van der Waals surface area (Å²) < 4.78 is 4.43. The molecule has 0 aromatic rings. The molecule has 0 bridgehead atoms. The molecule has 0 unspecified atom stereocenters. The molecular formula is C11H29N4O3PS2. The van der Waals surface area contributed by atoms with Gasteiger partial charge in [0.15, 0.2) is 10.3 Å². The van der Waals surface area contributed by atoms with E-state index in [2.05, 4.69) is 4.52 Å². The fraction of sp³-hybridized carbons (Fsp3) is 0.818. The zero-order chi connectivity index (χ0) is 17.6. The molecule has 0 amide bonds. The van der Waals surface area contributed by atoms with Crippen molar-refractivity contribution in [1.29, 1.82) is 10.8 Å². The molecule has 0 aliphatic rings. The number of nitrogens with one attached hydrogen (secondary N) is 2. The Bertz CT molecular complexity index is 254. The first-order valence-corrected chi connectivity index (χ1v) is 9.16. The molecule has 7 nitrogen and oxygen atoms in total. The smallest absolute Gasteiger partial charge is 0.327 e. The first-order valence-electron chi connectivity index (χ1n) is 6.24. The highest BCUT2D eigenvalue weighted by atomic mass is 32.2. The first kappa shape index (κ1) is 25.9. The second-order valence-corrected chi connectivity index (χ2v) is 8.42. The SMILES string of the molecule is CC(C)OP(O)O.CC(C)SC(=N)N.CC(C)SC(=N)N. The molecule has 0 heterocycles. The van der Waals surface area contributed by atoms with Gasteiger partial charge >= 0.3 is 8.60 Å². The van der Waals surface area contributed by atoms with Crippen LogP contribution < -0.4 is 11.5 Å². The molecule has 0 aliphatic carbocycles. The highest BCUT2D eigenvalue weighted by molar-refractivity contribution is 8.14. The van der Waals surface area contributed by atoms with Crippen LogP contribution in [-0.2, 0) is 4.52 Å². The second-order valence-electron chi connectivity index (χ2n) is 4.47. The summed E-state index contributed by atoms with van der Waals surface area (Å²) in [5.41, 5.74) is 10.1. The van der Waals surface area contributed by atoms with Crippen LogP contribution >= 0.6 is 32.1 Å².